The quantitative estimate of drug-likeness (QED) is 0.114. The van der Waals surface area contributed by atoms with Gasteiger partial charge < -0.3 is 0 Å². The second-order valence-electron chi connectivity index (χ2n) is 23.1. The molecular formula is C48H86N2P4Rh2-2. The molecule has 0 unspecified atom stereocenters. The Balaban J connectivity index is -0.000000928. The maximum absolute atomic E-state index is 6.00. The molecule has 0 bridgehead atoms. The van der Waals surface area contributed by atoms with Crippen molar-refractivity contribution in [3.05, 3.63) is 70.8 Å². The number of nitrogens with zero attached hydrogens (tertiary/aromatic N) is 2. The number of hydrogen-bond donors (Lipinski definition) is 0. The van der Waals surface area contributed by atoms with Crippen molar-refractivity contribution in [3.63, 3.8) is 0 Å². The van der Waals surface area contributed by atoms with E-state index >= 15 is 0 Å². The van der Waals surface area contributed by atoms with E-state index in [1.165, 1.54) is 46.9 Å². The van der Waals surface area contributed by atoms with Crippen LogP contribution >= 0.6 is 31.7 Å². The minimum absolute atomic E-state index is 0. The summed E-state index contributed by atoms with van der Waals surface area (Å²) in [4.78, 5) is 0. The van der Waals surface area contributed by atoms with Gasteiger partial charge in [-0.25, -0.2) is 0 Å². The van der Waals surface area contributed by atoms with Crippen LogP contribution < -0.4 is 0 Å². The van der Waals surface area contributed by atoms with Crippen LogP contribution in [0.25, 0.3) is 0 Å². The Morgan fingerprint density at radius 2 is 0.446 bits per heavy atom. The summed E-state index contributed by atoms with van der Waals surface area (Å²) >= 11 is 0. The van der Waals surface area contributed by atoms with Crippen LogP contribution in [-0.4, -0.2) is 41.2 Å². The van der Waals surface area contributed by atoms with E-state index in [9.17, 15) is 0 Å². The summed E-state index contributed by atoms with van der Waals surface area (Å²) in [6, 6.07) is 21.4. The maximum atomic E-state index is 6.00. The van der Waals surface area contributed by atoms with Gasteiger partial charge in [-0.3, -0.25) is 0 Å². The van der Waals surface area contributed by atoms with E-state index in [-0.39, 0.29) is 70.6 Å². The third-order valence-electron chi connectivity index (χ3n) is 9.62. The van der Waals surface area contributed by atoms with Crippen LogP contribution in [0, 0.1) is 22.9 Å². The zero-order chi connectivity index (χ0) is 43.1. The minimum atomic E-state index is -0.123. The SMILES string of the molecule is CC(C)(C)P(Cc1[c-]c(CP(C(C)(C)C)C(C)(C)C)ccc1)C(C)(C)C.CC(C)(C)P(Cc1[c-]c(CP(C(C)(C)C)C(C)(C)C)ccc1)C(C)(C)C.N#N.[Rh].[Rh]. The average Bonchev–Trinajstić information content (AvgIpc) is 2.93. The van der Waals surface area contributed by atoms with E-state index in [1.54, 1.807) is 0 Å². The summed E-state index contributed by atoms with van der Waals surface area (Å²) < 4.78 is 0. The van der Waals surface area contributed by atoms with Gasteiger partial charge in [0, 0.05) is 49.7 Å². The van der Waals surface area contributed by atoms with Crippen LogP contribution in [0.15, 0.2) is 36.4 Å². The largest absolute Gasteiger partial charge is 0.176 e. The van der Waals surface area contributed by atoms with Gasteiger partial charge in [0.1, 0.15) is 0 Å². The first-order valence-electron chi connectivity index (χ1n) is 20.2. The summed E-state index contributed by atoms with van der Waals surface area (Å²) in [5.41, 5.74) is 5.65. The molecule has 328 valence electrons. The fourth-order valence-corrected chi connectivity index (χ4v) is 22.1. The molecule has 2 aromatic carbocycles. The molecule has 0 N–H and O–H groups in total. The molecule has 56 heavy (non-hydrogen) atoms. The van der Waals surface area contributed by atoms with Crippen molar-refractivity contribution in [1.82, 2.24) is 0 Å². The van der Waals surface area contributed by atoms with Gasteiger partial charge in [0.25, 0.3) is 0 Å². The topological polar surface area (TPSA) is 47.6 Å². The monoisotopic (exact) mass is 1020 g/mol. The molecule has 0 aromatic heterocycles. The first-order chi connectivity index (χ1) is 23.8. The van der Waals surface area contributed by atoms with Crippen LogP contribution in [0.5, 0.6) is 0 Å². The molecule has 0 amide bonds. The van der Waals surface area contributed by atoms with E-state index in [4.69, 9.17) is 10.8 Å². The maximum Gasteiger partial charge on any atom is 0 e. The third kappa shape index (κ3) is 22.1. The predicted molar refractivity (Wildman–Crippen MR) is 255 cm³/mol. The standard InChI is InChI=1S/2C24H43P2.N2.2Rh/c2*1-21(2,3)25(22(4,5)6)17-19-14-13-15-20(16-19)18-26(23(7,8)9)24(10,11)12;1-2;;/h2*13-15H,17-18H2,1-12H3;;;/q2*-1;;;. The minimum Gasteiger partial charge on any atom is -0.176 e. The summed E-state index contributed by atoms with van der Waals surface area (Å²) in [7, 11) is -0.491. The van der Waals surface area contributed by atoms with Crippen molar-refractivity contribution in [2.45, 2.75) is 232 Å². The normalized spacial score (nSPS) is 13.4. The molecule has 0 spiro atoms. The molecule has 0 aliphatic carbocycles. The first kappa shape index (κ1) is 61.1. The smallest absolute Gasteiger partial charge is 0 e. The van der Waals surface area contributed by atoms with E-state index in [2.05, 4.69) is 215 Å². The Bertz CT molecular complexity index is 1170. The molecule has 2 rings (SSSR count). The van der Waals surface area contributed by atoms with Gasteiger partial charge in [0.05, 0.1) is 0 Å². The first-order valence-corrected chi connectivity index (χ1v) is 26.3. The van der Waals surface area contributed by atoms with E-state index < -0.39 is 0 Å². The van der Waals surface area contributed by atoms with Crippen molar-refractivity contribution >= 4 is 31.7 Å². The molecule has 0 atom stereocenters. The van der Waals surface area contributed by atoms with Gasteiger partial charge in [-0.1, -0.05) is 198 Å². The second-order valence-corrected chi connectivity index (χ2v) is 38.5. The molecule has 0 saturated carbocycles. The molecule has 8 heteroatoms. The molecule has 0 aliphatic rings. The number of hydrogen-bond acceptors (Lipinski definition) is 2. The van der Waals surface area contributed by atoms with Crippen molar-refractivity contribution in [2.24, 2.45) is 0 Å². The Hall–Kier alpha value is 0.827. The summed E-state index contributed by atoms with van der Waals surface area (Å²) in [5.74, 6) is 0. The van der Waals surface area contributed by atoms with E-state index in [0.717, 1.165) is 0 Å². The van der Waals surface area contributed by atoms with Gasteiger partial charge in [0.15, 0.2) is 0 Å². The van der Waals surface area contributed by atoms with Crippen LogP contribution in [0.1, 0.15) is 188 Å². The van der Waals surface area contributed by atoms with Crippen molar-refractivity contribution < 1.29 is 39.0 Å². The predicted octanol–water partition coefficient (Wildman–Crippen LogP) is 17.3. The summed E-state index contributed by atoms with van der Waals surface area (Å²) in [6.07, 6.45) is 4.72. The third-order valence-corrected chi connectivity index (χ3v) is 25.2. The van der Waals surface area contributed by atoms with Crippen LogP contribution in [-0.2, 0) is 63.6 Å². The fraction of sp³-hybridized carbons (Fsp3) is 0.750. The molecule has 0 saturated heterocycles. The van der Waals surface area contributed by atoms with E-state index in [1.807, 2.05) is 0 Å². The summed E-state index contributed by atoms with van der Waals surface area (Å²) in [6.45, 7) is 57.8. The van der Waals surface area contributed by atoms with Gasteiger partial charge in [-0.15, -0.1) is 0 Å². The zero-order valence-corrected chi connectivity index (χ0v) is 47.5. The molecule has 0 aliphatic heterocycles. The average molecular weight is 1020 g/mol. The number of benzene rings is 2. The Morgan fingerprint density at radius 1 is 0.321 bits per heavy atom. The molecule has 0 heterocycles. The fourth-order valence-electron chi connectivity index (χ4n) is 8.11. The van der Waals surface area contributed by atoms with Crippen LogP contribution in [0.4, 0.5) is 0 Å². The van der Waals surface area contributed by atoms with Gasteiger partial charge in [-0.05, 0) is 65.9 Å². The number of rotatable bonds is 8. The van der Waals surface area contributed by atoms with E-state index in [0.29, 0.717) is 41.2 Å². The van der Waals surface area contributed by atoms with Crippen LogP contribution in [0.3, 0.4) is 0 Å². The molecule has 2 aromatic rings. The van der Waals surface area contributed by atoms with Crippen molar-refractivity contribution in [1.29, 1.82) is 10.8 Å². The Kier molecular flexibility index (Phi) is 25.5. The Labute approximate surface area is 381 Å². The Morgan fingerprint density at radius 3 is 0.554 bits per heavy atom. The second kappa shape index (κ2) is 23.3. The van der Waals surface area contributed by atoms with Gasteiger partial charge in [0.2, 0.25) is 0 Å². The molecule has 0 fully saturated rings. The van der Waals surface area contributed by atoms with Gasteiger partial charge >= 0.3 is 0 Å². The molecule has 2 radical (unpaired) electrons. The van der Waals surface area contributed by atoms with Gasteiger partial charge in [-0.2, -0.15) is 70.8 Å². The van der Waals surface area contributed by atoms with Crippen LogP contribution in [0.2, 0.25) is 0 Å². The molecular weight excluding hydrogens is 934 g/mol. The zero-order valence-electron chi connectivity index (χ0n) is 40.6. The van der Waals surface area contributed by atoms with Crippen molar-refractivity contribution in [2.75, 3.05) is 0 Å². The summed E-state index contributed by atoms with van der Waals surface area (Å²) in [5, 5.41) is 14.9. The molecule has 2 nitrogen and oxygen atoms in total. The van der Waals surface area contributed by atoms with Crippen molar-refractivity contribution in [3.8, 4) is 0 Å².